The highest BCUT2D eigenvalue weighted by Crippen LogP contribution is 2.17. The van der Waals surface area contributed by atoms with Crippen LogP contribution in [0.3, 0.4) is 0 Å². The lowest BCUT2D eigenvalue weighted by molar-refractivity contribution is -0.116. The van der Waals surface area contributed by atoms with Gasteiger partial charge in [-0.25, -0.2) is 0 Å². The number of nitrogens with one attached hydrogen (secondary N) is 1. The van der Waals surface area contributed by atoms with Gasteiger partial charge in [0.05, 0.1) is 11.9 Å². The number of hydrogen-bond acceptors (Lipinski definition) is 3. The number of carbonyl (C=O) groups is 1. The highest BCUT2D eigenvalue weighted by molar-refractivity contribution is 5.90. The lowest BCUT2D eigenvalue weighted by Crippen LogP contribution is -2.18. The first kappa shape index (κ1) is 13.1. The fraction of sp³-hybridized carbons (Fsp3) is 0.286. The van der Waals surface area contributed by atoms with Crippen molar-refractivity contribution in [2.75, 3.05) is 11.1 Å². The van der Waals surface area contributed by atoms with Crippen molar-refractivity contribution in [2.45, 2.75) is 26.3 Å². The van der Waals surface area contributed by atoms with Crippen molar-refractivity contribution >= 4 is 17.3 Å². The number of carbonyl (C=O) groups excluding carboxylic acids is 1. The van der Waals surface area contributed by atoms with Crippen LogP contribution in [0.25, 0.3) is 0 Å². The van der Waals surface area contributed by atoms with E-state index in [-0.39, 0.29) is 12.5 Å². The maximum absolute atomic E-state index is 11.8. The smallest absolute Gasteiger partial charge is 0.246 e. The zero-order chi connectivity index (χ0) is 13.8. The molecule has 3 N–H and O–H groups in total. The van der Waals surface area contributed by atoms with E-state index in [2.05, 4.69) is 24.3 Å². The summed E-state index contributed by atoms with van der Waals surface area (Å²) in [5.41, 5.74) is 8.12. The molecule has 1 heterocycles. The van der Waals surface area contributed by atoms with Crippen LogP contribution in [0.2, 0.25) is 0 Å². The van der Waals surface area contributed by atoms with Crippen LogP contribution in [0.1, 0.15) is 25.3 Å². The summed E-state index contributed by atoms with van der Waals surface area (Å²) in [6, 6.07) is 7.85. The largest absolute Gasteiger partial charge is 0.396 e. The summed E-state index contributed by atoms with van der Waals surface area (Å²) in [6.07, 6.45) is 3.14. The molecule has 5 nitrogen and oxygen atoms in total. The van der Waals surface area contributed by atoms with Crippen LogP contribution in [-0.2, 0) is 11.3 Å². The molecule has 5 heteroatoms. The van der Waals surface area contributed by atoms with Crippen LogP contribution in [0.15, 0.2) is 36.7 Å². The normalized spacial score (nSPS) is 10.7. The SMILES string of the molecule is CC(C)c1ccc(NC(=O)Cn2cc(N)cn2)cc1. The average molecular weight is 258 g/mol. The summed E-state index contributed by atoms with van der Waals surface area (Å²) in [6.45, 7) is 4.43. The van der Waals surface area contributed by atoms with E-state index in [9.17, 15) is 4.79 Å². The molecule has 0 unspecified atom stereocenters. The molecule has 19 heavy (non-hydrogen) atoms. The van der Waals surface area contributed by atoms with E-state index in [1.807, 2.05) is 24.3 Å². The van der Waals surface area contributed by atoms with Gasteiger partial charge in [-0.3, -0.25) is 9.48 Å². The second-order valence-electron chi connectivity index (χ2n) is 4.80. The molecule has 100 valence electrons. The summed E-state index contributed by atoms with van der Waals surface area (Å²) in [5.74, 6) is 0.359. The Kier molecular flexibility index (Phi) is 3.85. The molecule has 1 amide bonds. The number of rotatable bonds is 4. The van der Waals surface area contributed by atoms with Gasteiger partial charge in [0.25, 0.3) is 0 Å². The number of hydrogen-bond donors (Lipinski definition) is 2. The molecular formula is C14H18N4O. The van der Waals surface area contributed by atoms with Crippen molar-refractivity contribution in [3.63, 3.8) is 0 Å². The number of nitrogen functional groups attached to an aromatic ring is 1. The van der Waals surface area contributed by atoms with Gasteiger partial charge < -0.3 is 11.1 Å². The monoisotopic (exact) mass is 258 g/mol. The van der Waals surface area contributed by atoms with Gasteiger partial charge in [0.15, 0.2) is 0 Å². The van der Waals surface area contributed by atoms with E-state index >= 15 is 0 Å². The molecule has 0 saturated heterocycles. The zero-order valence-electron chi connectivity index (χ0n) is 11.1. The minimum atomic E-state index is -0.125. The van der Waals surface area contributed by atoms with Gasteiger partial charge in [0.1, 0.15) is 6.54 Å². The van der Waals surface area contributed by atoms with Gasteiger partial charge in [-0.05, 0) is 23.6 Å². The molecule has 0 aliphatic carbocycles. The van der Waals surface area contributed by atoms with E-state index in [0.717, 1.165) is 5.69 Å². The van der Waals surface area contributed by atoms with Crippen LogP contribution in [-0.4, -0.2) is 15.7 Å². The maximum atomic E-state index is 11.8. The Labute approximate surface area is 112 Å². The van der Waals surface area contributed by atoms with Crippen LogP contribution in [0.4, 0.5) is 11.4 Å². The fourth-order valence-electron chi connectivity index (χ4n) is 1.77. The van der Waals surface area contributed by atoms with Crippen molar-refractivity contribution in [3.8, 4) is 0 Å². The lowest BCUT2D eigenvalue weighted by atomic mass is 10.0. The van der Waals surface area contributed by atoms with Crippen LogP contribution < -0.4 is 11.1 Å². The number of nitrogens with zero attached hydrogens (tertiary/aromatic N) is 2. The van der Waals surface area contributed by atoms with Crippen molar-refractivity contribution in [1.29, 1.82) is 0 Å². The maximum Gasteiger partial charge on any atom is 0.246 e. The number of anilines is 2. The molecule has 0 radical (unpaired) electrons. The molecule has 0 aliphatic rings. The van der Waals surface area contributed by atoms with Crippen LogP contribution in [0, 0.1) is 0 Å². The summed E-state index contributed by atoms with van der Waals surface area (Å²) < 4.78 is 1.51. The first-order valence-electron chi connectivity index (χ1n) is 6.22. The molecule has 0 aliphatic heterocycles. The second-order valence-corrected chi connectivity index (χ2v) is 4.80. The first-order chi connectivity index (χ1) is 9.04. The molecule has 0 spiro atoms. The van der Waals surface area contributed by atoms with Gasteiger partial charge in [-0.15, -0.1) is 0 Å². The molecule has 2 aromatic rings. The fourth-order valence-corrected chi connectivity index (χ4v) is 1.77. The Morgan fingerprint density at radius 2 is 2.05 bits per heavy atom. The van der Waals surface area contributed by atoms with E-state index in [4.69, 9.17) is 5.73 Å². The first-order valence-corrected chi connectivity index (χ1v) is 6.22. The van der Waals surface area contributed by atoms with Crippen LogP contribution >= 0.6 is 0 Å². The molecule has 1 aromatic carbocycles. The minimum Gasteiger partial charge on any atom is -0.396 e. The van der Waals surface area contributed by atoms with Gasteiger partial charge in [-0.1, -0.05) is 26.0 Å². The topological polar surface area (TPSA) is 72.9 Å². The van der Waals surface area contributed by atoms with Gasteiger partial charge in [-0.2, -0.15) is 5.10 Å². The molecule has 2 rings (SSSR count). The predicted molar refractivity (Wildman–Crippen MR) is 75.8 cm³/mol. The lowest BCUT2D eigenvalue weighted by Gasteiger charge is -2.08. The van der Waals surface area contributed by atoms with Crippen molar-refractivity contribution < 1.29 is 4.79 Å². The number of amides is 1. The quantitative estimate of drug-likeness (QED) is 0.883. The Hall–Kier alpha value is -2.30. The van der Waals surface area contributed by atoms with Crippen molar-refractivity contribution in [1.82, 2.24) is 9.78 Å². The van der Waals surface area contributed by atoms with E-state index in [1.54, 1.807) is 6.20 Å². The third-order valence-corrected chi connectivity index (χ3v) is 2.82. The van der Waals surface area contributed by atoms with Crippen molar-refractivity contribution in [2.24, 2.45) is 0 Å². The third-order valence-electron chi connectivity index (χ3n) is 2.82. The molecule has 0 atom stereocenters. The number of aromatic nitrogens is 2. The second kappa shape index (κ2) is 5.56. The highest BCUT2D eigenvalue weighted by atomic mass is 16.2. The Morgan fingerprint density at radius 3 is 2.58 bits per heavy atom. The van der Waals surface area contributed by atoms with E-state index in [1.165, 1.54) is 16.4 Å². The third kappa shape index (κ3) is 3.58. The summed E-state index contributed by atoms with van der Waals surface area (Å²) in [4.78, 5) is 11.8. The minimum absolute atomic E-state index is 0.125. The standard InChI is InChI=1S/C14H18N4O/c1-10(2)11-3-5-13(6-4-11)17-14(19)9-18-8-12(15)7-16-18/h3-8,10H,9,15H2,1-2H3,(H,17,19). The molecule has 1 aromatic heterocycles. The average Bonchev–Trinajstić information content (AvgIpc) is 2.75. The Balaban J connectivity index is 1.95. The summed E-state index contributed by atoms with van der Waals surface area (Å²) >= 11 is 0. The summed E-state index contributed by atoms with van der Waals surface area (Å²) in [7, 11) is 0. The number of benzene rings is 1. The van der Waals surface area contributed by atoms with E-state index < -0.39 is 0 Å². The van der Waals surface area contributed by atoms with Gasteiger partial charge in [0.2, 0.25) is 5.91 Å². The summed E-state index contributed by atoms with van der Waals surface area (Å²) in [5, 5.41) is 6.79. The molecule has 0 saturated carbocycles. The molecule has 0 fully saturated rings. The Morgan fingerprint density at radius 1 is 1.37 bits per heavy atom. The van der Waals surface area contributed by atoms with Crippen molar-refractivity contribution in [3.05, 3.63) is 42.2 Å². The van der Waals surface area contributed by atoms with E-state index in [0.29, 0.717) is 11.6 Å². The molecular weight excluding hydrogens is 240 g/mol. The number of nitrogens with two attached hydrogens (primary N) is 1. The highest BCUT2D eigenvalue weighted by Gasteiger charge is 2.05. The van der Waals surface area contributed by atoms with Crippen LogP contribution in [0.5, 0.6) is 0 Å². The molecule has 0 bridgehead atoms. The van der Waals surface area contributed by atoms with Gasteiger partial charge in [0, 0.05) is 11.9 Å². The zero-order valence-corrected chi connectivity index (χ0v) is 11.1. The predicted octanol–water partition coefficient (Wildman–Crippen LogP) is 2.23. The van der Waals surface area contributed by atoms with Gasteiger partial charge >= 0.3 is 0 Å². The Bertz CT molecular complexity index is 557.